The summed E-state index contributed by atoms with van der Waals surface area (Å²) in [6.07, 6.45) is 0. The van der Waals surface area contributed by atoms with E-state index in [0.29, 0.717) is 22.6 Å². The van der Waals surface area contributed by atoms with Gasteiger partial charge in [-0.1, -0.05) is 182 Å². The van der Waals surface area contributed by atoms with Crippen LogP contribution in [0.25, 0.3) is 33.4 Å². The van der Waals surface area contributed by atoms with Crippen LogP contribution in [-0.2, 0) is 14.9 Å². The molecule has 0 amide bonds. The van der Waals surface area contributed by atoms with Gasteiger partial charge in [0.25, 0.3) is 0 Å². The molecule has 0 saturated heterocycles. The predicted molar refractivity (Wildman–Crippen MR) is 320 cm³/mol. The van der Waals surface area contributed by atoms with Crippen molar-refractivity contribution < 1.29 is 28.5 Å². The smallest absolute Gasteiger partial charge is 0.338 e. The first-order valence-electron chi connectivity index (χ1n) is 27.1. The lowest BCUT2D eigenvalue weighted by molar-refractivity contribution is 0.0443. The minimum atomic E-state index is -0.665. The number of hydrogen-bond acceptors (Lipinski definition) is 10. The van der Waals surface area contributed by atoms with Crippen molar-refractivity contribution in [2.24, 2.45) is 10.2 Å². The summed E-state index contributed by atoms with van der Waals surface area (Å²) in [5, 5.41) is 13.8. The summed E-state index contributed by atoms with van der Waals surface area (Å²) in [4.78, 5) is 27.7. The van der Waals surface area contributed by atoms with Crippen LogP contribution >= 0.6 is 0 Å². The lowest BCUT2D eigenvalue weighted by Crippen LogP contribution is -2.28. The van der Waals surface area contributed by atoms with E-state index in [4.69, 9.17) is 29.2 Å². The maximum Gasteiger partial charge on any atom is 0.338 e. The molecular formula is C71H54N4O6. The van der Waals surface area contributed by atoms with Gasteiger partial charge in [0.15, 0.2) is 0 Å². The Morgan fingerprint density at radius 2 is 0.704 bits per heavy atom. The minimum absolute atomic E-state index is 0.0551. The molecule has 0 atom stereocenters. The molecule has 0 N–H and O–H groups in total. The lowest BCUT2D eigenvalue weighted by atomic mass is 9.68. The van der Waals surface area contributed by atoms with Crippen LogP contribution in [0.3, 0.4) is 0 Å². The van der Waals surface area contributed by atoms with Crippen LogP contribution < -0.4 is 19.5 Å². The number of rotatable bonds is 16. The van der Waals surface area contributed by atoms with Crippen LogP contribution in [0, 0.1) is 0 Å². The van der Waals surface area contributed by atoms with Crippen LogP contribution in [-0.4, -0.2) is 63.9 Å². The van der Waals surface area contributed by atoms with Crippen molar-refractivity contribution in [3.05, 3.63) is 298 Å². The quantitative estimate of drug-likeness (QED) is 0.0536. The van der Waals surface area contributed by atoms with E-state index >= 15 is 0 Å². The van der Waals surface area contributed by atoms with E-state index < -0.39 is 17.4 Å². The molecule has 10 nitrogen and oxygen atoms in total. The molecule has 3 aliphatic rings. The fourth-order valence-electron chi connectivity index (χ4n) is 11.8. The Kier molecular flexibility index (Phi) is 13.3. The zero-order chi connectivity index (χ0) is 54.9. The van der Waals surface area contributed by atoms with Crippen LogP contribution in [0.2, 0.25) is 0 Å². The molecule has 3 aliphatic carbocycles. The molecule has 0 spiro atoms. The number of esters is 2. The SMILES string of the molecule is CN(N=C1c2ccccc2-c2c(C(=O)OCCOc3ccc(C4(c5ccc(OCCOC(=O)c6cccc7c6-c6ccccc6C7=NN(C)c6ccccc6)cc5)c5ccccc5-c5ccccc54)cc3)cccc21)c1ccccc1. The number of hydrazone groups is 2. The van der Waals surface area contributed by atoms with Crippen molar-refractivity contribution in [1.82, 2.24) is 0 Å². The maximum atomic E-state index is 13.9. The highest BCUT2D eigenvalue weighted by molar-refractivity contribution is 6.28. The summed E-state index contributed by atoms with van der Waals surface area (Å²) in [6, 6.07) is 81.0. The van der Waals surface area contributed by atoms with E-state index in [0.717, 1.165) is 78.4 Å². The number of carbonyl (C=O) groups is 2. The molecule has 10 heteroatoms. The summed E-state index contributed by atoms with van der Waals surface area (Å²) in [5.41, 5.74) is 17.8. The largest absolute Gasteiger partial charge is 0.490 e. The Morgan fingerprint density at radius 3 is 1.11 bits per heavy atom. The number of fused-ring (bicyclic) bond motifs is 9. The lowest BCUT2D eigenvalue weighted by Gasteiger charge is -2.34. The topological polar surface area (TPSA) is 102 Å². The molecule has 13 rings (SSSR count). The normalized spacial score (nSPS) is 13.8. The highest BCUT2D eigenvalue weighted by atomic mass is 16.6. The monoisotopic (exact) mass is 1060 g/mol. The Balaban J connectivity index is 0.690. The standard InChI is InChI=1S/C71H54N4O6/c1-74(49-19-5-3-6-20-49)72-67-57-27-11-9-25-55(57)65-59(67)29-17-31-61(65)69(76)80-45-43-78-51-39-35-47(36-40-51)71(63-33-15-13-23-53(63)54-24-14-16-34-64(54)71)48-37-41-52(42-38-48)79-44-46-81-70(77)62-32-18-30-60-66(62)56-26-10-12-28-58(56)68(60)73-75(2)50-21-7-4-8-22-50/h3-42H,43-46H2,1-2H3. The van der Waals surface area contributed by atoms with Gasteiger partial charge in [-0.15, -0.1) is 0 Å². The molecular weight excluding hydrogens is 1000 g/mol. The summed E-state index contributed by atoms with van der Waals surface area (Å²) in [5.74, 6) is 0.451. The number of hydrogen-bond donors (Lipinski definition) is 0. The fraction of sp³-hybridized carbons (Fsp3) is 0.0986. The first kappa shape index (κ1) is 50.2. The van der Waals surface area contributed by atoms with Gasteiger partial charge in [-0.05, 0) is 105 Å². The molecule has 0 radical (unpaired) electrons. The number of carbonyl (C=O) groups excluding carboxylic acids is 2. The molecule has 0 fully saturated rings. The van der Waals surface area contributed by atoms with E-state index in [1.165, 1.54) is 22.3 Å². The molecule has 0 saturated carbocycles. The van der Waals surface area contributed by atoms with Gasteiger partial charge in [-0.25, -0.2) is 9.59 Å². The van der Waals surface area contributed by atoms with Gasteiger partial charge in [0, 0.05) is 47.5 Å². The average molecular weight is 1060 g/mol. The molecule has 0 aromatic heterocycles. The van der Waals surface area contributed by atoms with E-state index in [1.807, 2.05) is 194 Å². The van der Waals surface area contributed by atoms with Crippen LogP contribution in [0.5, 0.6) is 11.5 Å². The summed E-state index contributed by atoms with van der Waals surface area (Å²) >= 11 is 0. The van der Waals surface area contributed by atoms with Crippen molar-refractivity contribution in [2.75, 3.05) is 50.5 Å². The zero-order valence-corrected chi connectivity index (χ0v) is 44.7. The summed E-state index contributed by atoms with van der Waals surface area (Å²) in [7, 11) is 3.85. The summed E-state index contributed by atoms with van der Waals surface area (Å²) < 4.78 is 24.3. The predicted octanol–water partition coefficient (Wildman–Crippen LogP) is 14.3. The van der Waals surface area contributed by atoms with Crippen molar-refractivity contribution >= 4 is 34.7 Å². The van der Waals surface area contributed by atoms with Gasteiger partial charge in [-0.2, -0.15) is 10.2 Å². The molecule has 0 unspecified atom stereocenters. The fourth-order valence-corrected chi connectivity index (χ4v) is 11.8. The second kappa shape index (κ2) is 21.5. The Hall–Kier alpha value is -10.3. The van der Waals surface area contributed by atoms with Crippen molar-refractivity contribution in [3.63, 3.8) is 0 Å². The van der Waals surface area contributed by atoms with Crippen LogP contribution in [0.1, 0.15) is 65.2 Å². The number of anilines is 2. The van der Waals surface area contributed by atoms with Gasteiger partial charge in [0.05, 0.1) is 39.3 Å². The minimum Gasteiger partial charge on any atom is -0.490 e. The second-order valence-electron chi connectivity index (χ2n) is 20.0. The number of nitrogens with zero attached hydrogens (tertiary/aromatic N) is 4. The third-order valence-electron chi connectivity index (χ3n) is 15.4. The van der Waals surface area contributed by atoms with Crippen LogP contribution in [0.15, 0.2) is 253 Å². The maximum absolute atomic E-state index is 13.9. The molecule has 0 bridgehead atoms. The molecule has 10 aromatic carbocycles. The molecule has 10 aromatic rings. The van der Waals surface area contributed by atoms with Gasteiger partial charge < -0.3 is 18.9 Å². The van der Waals surface area contributed by atoms with Crippen molar-refractivity contribution in [1.29, 1.82) is 0 Å². The van der Waals surface area contributed by atoms with E-state index in [2.05, 4.69) is 72.8 Å². The van der Waals surface area contributed by atoms with Crippen molar-refractivity contribution in [2.45, 2.75) is 5.41 Å². The zero-order valence-electron chi connectivity index (χ0n) is 44.7. The van der Waals surface area contributed by atoms with E-state index in [1.54, 1.807) is 0 Å². The average Bonchev–Trinajstić information content (AvgIpc) is 3.84. The summed E-state index contributed by atoms with van der Waals surface area (Å²) in [6.45, 7) is 0.434. The highest BCUT2D eigenvalue weighted by Crippen LogP contribution is 2.56. The van der Waals surface area contributed by atoms with Crippen LogP contribution in [0.4, 0.5) is 11.4 Å². The van der Waals surface area contributed by atoms with Gasteiger partial charge in [0.2, 0.25) is 0 Å². The van der Waals surface area contributed by atoms with Crippen molar-refractivity contribution in [3.8, 4) is 44.9 Å². The third kappa shape index (κ3) is 9.06. The van der Waals surface area contributed by atoms with Gasteiger partial charge >= 0.3 is 11.9 Å². The molecule has 0 aliphatic heterocycles. The first-order valence-corrected chi connectivity index (χ1v) is 27.1. The Labute approximate surface area is 470 Å². The number of ether oxygens (including phenoxy) is 4. The molecule has 0 heterocycles. The molecule has 394 valence electrons. The Morgan fingerprint density at radius 1 is 0.358 bits per heavy atom. The van der Waals surface area contributed by atoms with E-state index in [-0.39, 0.29) is 26.4 Å². The highest BCUT2D eigenvalue weighted by Gasteiger charge is 2.46. The first-order chi connectivity index (χ1) is 39.9. The van der Waals surface area contributed by atoms with E-state index in [9.17, 15) is 9.59 Å². The van der Waals surface area contributed by atoms with Gasteiger partial charge in [0.1, 0.15) is 37.9 Å². The third-order valence-corrected chi connectivity index (χ3v) is 15.4. The second-order valence-corrected chi connectivity index (χ2v) is 20.0. The molecule has 81 heavy (non-hydrogen) atoms. The number of para-hydroxylation sites is 2. The number of benzene rings is 10. The Bertz CT molecular complexity index is 3820. The van der Waals surface area contributed by atoms with Gasteiger partial charge in [-0.3, -0.25) is 10.0 Å².